The number of hydrogen-bond acceptors (Lipinski definition) is 4. The van der Waals surface area contributed by atoms with E-state index in [1.165, 1.54) is 6.42 Å². The van der Waals surface area contributed by atoms with E-state index >= 15 is 0 Å². The van der Waals surface area contributed by atoms with E-state index in [2.05, 4.69) is 5.32 Å². The van der Waals surface area contributed by atoms with Crippen LogP contribution in [0.2, 0.25) is 0 Å². The van der Waals surface area contributed by atoms with Gasteiger partial charge in [-0.2, -0.15) is 11.8 Å². The fourth-order valence-electron chi connectivity index (χ4n) is 2.68. The number of nitrogens with one attached hydrogen (secondary N) is 1. The van der Waals surface area contributed by atoms with Crippen LogP contribution in [0.5, 0.6) is 0 Å². The third kappa shape index (κ3) is 6.13. The van der Waals surface area contributed by atoms with E-state index in [1.807, 2.05) is 6.26 Å². The van der Waals surface area contributed by atoms with Crippen molar-refractivity contribution in [3.8, 4) is 0 Å². The number of carboxylic acids is 1. The number of aliphatic carboxylic acids is 1. The topological polar surface area (TPSA) is 89.9 Å². The van der Waals surface area contributed by atoms with Crippen molar-refractivity contribution < 1.29 is 19.8 Å². The predicted molar refractivity (Wildman–Crippen MR) is 83.6 cm³/mol. The van der Waals surface area contributed by atoms with Gasteiger partial charge in [-0.1, -0.05) is 19.3 Å². The molecule has 21 heavy (non-hydrogen) atoms. The maximum absolute atomic E-state index is 12.3. The van der Waals surface area contributed by atoms with Crippen molar-refractivity contribution in [3.63, 3.8) is 0 Å². The first kappa shape index (κ1) is 18.1. The molecule has 0 heterocycles. The monoisotopic (exact) mass is 318 g/mol. The Labute approximate surface area is 130 Å². The lowest BCUT2D eigenvalue weighted by atomic mass is 9.94. The van der Waals surface area contributed by atoms with Crippen LogP contribution in [0, 0.1) is 0 Å². The summed E-state index contributed by atoms with van der Waals surface area (Å²) in [5, 5.41) is 20.9. The zero-order valence-corrected chi connectivity index (χ0v) is 13.4. The summed E-state index contributed by atoms with van der Waals surface area (Å²) in [5.74, 6) is -0.328. The van der Waals surface area contributed by atoms with Crippen molar-refractivity contribution in [1.29, 1.82) is 0 Å². The molecule has 1 rings (SSSR count). The Morgan fingerprint density at radius 1 is 1.33 bits per heavy atom. The number of amides is 2. The molecule has 0 unspecified atom stereocenters. The smallest absolute Gasteiger partial charge is 0.326 e. The standard InChI is InChI=1S/C14H26N2O4S/c1-21-10-7-12(13(18)19)15-14(20)16(8-9-17)11-5-3-2-4-6-11/h11-12,17H,2-10H2,1H3,(H,15,20)(H,18,19)/t12-/m0/s1. The molecule has 0 saturated heterocycles. The largest absolute Gasteiger partial charge is 0.480 e. The van der Waals surface area contributed by atoms with Crippen LogP contribution in [0.15, 0.2) is 0 Å². The minimum atomic E-state index is -1.01. The highest BCUT2D eigenvalue weighted by Gasteiger charge is 2.28. The average Bonchev–Trinajstić information content (AvgIpc) is 2.49. The van der Waals surface area contributed by atoms with E-state index in [4.69, 9.17) is 5.11 Å². The highest BCUT2D eigenvalue weighted by Crippen LogP contribution is 2.22. The van der Waals surface area contributed by atoms with Crippen molar-refractivity contribution in [2.45, 2.75) is 50.6 Å². The molecule has 0 aromatic heterocycles. The van der Waals surface area contributed by atoms with E-state index in [0.29, 0.717) is 12.2 Å². The van der Waals surface area contributed by atoms with Crippen molar-refractivity contribution in [3.05, 3.63) is 0 Å². The second-order valence-corrected chi connectivity index (χ2v) is 6.32. The molecule has 1 aliphatic rings. The summed E-state index contributed by atoms with van der Waals surface area (Å²) in [6.45, 7) is 0.151. The summed E-state index contributed by atoms with van der Waals surface area (Å²) in [6, 6.07) is -1.12. The van der Waals surface area contributed by atoms with Gasteiger partial charge in [0.2, 0.25) is 0 Å². The van der Waals surface area contributed by atoms with E-state index in [0.717, 1.165) is 25.7 Å². The molecule has 0 aliphatic heterocycles. The molecule has 0 bridgehead atoms. The van der Waals surface area contributed by atoms with Gasteiger partial charge in [-0.25, -0.2) is 9.59 Å². The normalized spacial score (nSPS) is 17.2. The summed E-state index contributed by atoms with van der Waals surface area (Å²) in [7, 11) is 0. The fraction of sp³-hybridized carbons (Fsp3) is 0.857. The zero-order chi connectivity index (χ0) is 15.7. The Morgan fingerprint density at radius 3 is 2.52 bits per heavy atom. The number of carbonyl (C=O) groups excluding carboxylic acids is 1. The lowest BCUT2D eigenvalue weighted by Crippen LogP contribution is -2.52. The van der Waals surface area contributed by atoms with E-state index < -0.39 is 12.0 Å². The van der Waals surface area contributed by atoms with Crippen molar-refractivity contribution in [2.75, 3.05) is 25.2 Å². The number of rotatable bonds is 8. The van der Waals surface area contributed by atoms with Gasteiger partial charge in [0.1, 0.15) is 6.04 Å². The van der Waals surface area contributed by atoms with Gasteiger partial charge in [0, 0.05) is 12.6 Å². The second kappa shape index (κ2) is 9.89. The molecule has 2 amide bonds. The number of hydrogen-bond donors (Lipinski definition) is 3. The van der Waals surface area contributed by atoms with E-state index in [9.17, 15) is 14.7 Å². The molecular formula is C14H26N2O4S. The Morgan fingerprint density at radius 2 is 2.00 bits per heavy atom. The van der Waals surface area contributed by atoms with Gasteiger partial charge in [0.15, 0.2) is 0 Å². The Hall–Kier alpha value is -0.950. The number of carbonyl (C=O) groups is 2. The Balaban J connectivity index is 2.63. The van der Waals surface area contributed by atoms with Crippen molar-refractivity contribution >= 4 is 23.8 Å². The molecule has 1 saturated carbocycles. The lowest BCUT2D eigenvalue weighted by Gasteiger charge is -2.34. The SMILES string of the molecule is CSCC[C@H](NC(=O)N(CCO)C1CCCCC1)C(=O)O. The summed E-state index contributed by atoms with van der Waals surface area (Å²) in [5.41, 5.74) is 0. The third-order valence-corrected chi connectivity index (χ3v) is 4.47. The first-order valence-corrected chi connectivity index (χ1v) is 8.89. The van der Waals surface area contributed by atoms with Crippen LogP contribution >= 0.6 is 11.8 Å². The van der Waals surface area contributed by atoms with Gasteiger partial charge in [0.25, 0.3) is 0 Å². The summed E-state index contributed by atoms with van der Waals surface area (Å²) >= 11 is 1.55. The molecule has 0 spiro atoms. The predicted octanol–water partition coefficient (Wildman–Crippen LogP) is 1.53. The van der Waals surface area contributed by atoms with Crippen LogP contribution in [0.1, 0.15) is 38.5 Å². The summed E-state index contributed by atoms with van der Waals surface area (Å²) in [6.07, 6.45) is 7.49. The quantitative estimate of drug-likeness (QED) is 0.631. The van der Waals surface area contributed by atoms with Crippen LogP contribution in [-0.4, -0.2) is 64.4 Å². The Kier molecular flexibility index (Phi) is 8.52. The lowest BCUT2D eigenvalue weighted by molar-refractivity contribution is -0.139. The first-order chi connectivity index (χ1) is 10.1. The number of urea groups is 1. The average molecular weight is 318 g/mol. The van der Waals surface area contributed by atoms with Gasteiger partial charge in [0.05, 0.1) is 6.61 Å². The number of aliphatic hydroxyl groups excluding tert-OH is 1. The van der Waals surface area contributed by atoms with Crippen LogP contribution in [0.4, 0.5) is 4.79 Å². The van der Waals surface area contributed by atoms with Crippen molar-refractivity contribution in [2.24, 2.45) is 0 Å². The van der Waals surface area contributed by atoms with Gasteiger partial charge in [-0.3, -0.25) is 0 Å². The van der Waals surface area contributed by atoms with Crippen LogP contribution in [0.25, 0.3) is 0 Å². The maximum Gasteiger partial charge on any atom is 0.326 e. The molecular weight excluding hydrogens is 292 g/mol. The number of thioether (sulfide) groups is 1. The Bertz CT molecular complexity index is 335. The highest BCUT2D eigenvalue weighted by molar-refractivity contribution is 7.98. The molecule has 1 atom stereocenters. The van der Waals surface area contributed by atoms with Gasteiger partial charge in [-0.05, 0) is 31.3 Å². The molecule has 1 aliphatic carbocycles. The van der Waals surface area contributed by atoms with E-state index in [1.54, 1.807) is 16.7 Å². The first-order valence-electron chi connectivity index (χ1n) is 7.50. The molecule has 0 aromatic rings. The van der Waals surface area contributed by atoms with Crippen LogP contribution < -0.4 is 5.32 Å². The van der Waals surface area contributed by atoms with Crippen molar-refractivity contribution in [1.82, 2.24) is 10.2 Å². The maximum atomic E-state index is 12.3. The zero-order valence-electron chi connectivity index (χ0n) is 12.6. The van der Waals surface area contributed by atoms with Gasteiger partial charge >= 0.3 is 12.0 Å². The van der Waals surface area contributed by atoms with E-state index in [-0.39, 0.29) is 25.2 Å². The number of aliphatic hydroxyl groups is 1. The molecule has 6 nitrogen and oxygen atoms in total. The molecule has 0 aromatic carbocycles. The van der Waals surface area contributed by atoms with Crippen LogP contribution in [0.3, 0.4) is 0 Å². The minimum Gasteiger partial charge on any atom is -0.480 e. The molecule has 1 fully saturated rings. The highest BCUT2D eigenvalue weighted by atomic mass is 32.2. The number of carboxylic acid groups (broad SMARTS) is 1. The minimum absolute atomic E-state index is 0.105. The summed E-state index contributed by atoms with van der Waals surface area (Å²) in [4.78, 5) is 25.2. The fourth-order valence-corrected chi connectivity index (χ4v) is 3.15. The van der Waals surface area contributed by atoms with Crippen LogP contribution in [-0.2, 0) is 4.79 Å². The second-order valence-electron chi connectivity index (χ2n) is 5.33. The molecule has 7 heteroatoms. The number of nitrogens with zero attached hydrogens (tertiary/aromatic N) is 1. The summed E-state index contributed by atoms with van der Waals surface area (Å²) < 4.78 is 0. The van der Waals surface area contributed by atoms with Gasteiger partial charge in [-0.15, -0.1) is 0 Å². The van der Waals surface area contributed by atoms with Gasteiger partial charge < -0.3 is 20.4 Å². The third-order valence-electron chi connectivity index (χ3n) is 3.82. The molecule has 122 valence electrons. The molecule has 3 N–H and O–H groups in total. The molecule has 0 radical (unpaired) electrons.